The molecule has 2 aliphatic heterocycles. The molecule has 2 saturated heterocycles. The Hall–Kier alpha value is -2.37. The lowest BCUT2D eigenvalue weighted by Gasteiger charge is -2.43. The first-order chi connectivity index (χ1) is 17.9. The number of morpholine rings is 1. The Morgan fingerprint density at radius 2 is 1.92 bits per heavy atom. The number of likely N-dealkylation sites (tertiary alicyclic amines) is 1. The van der Waals surface area contributed by atoms with Crippen molar-refractivity contribution in [3.63, 3.8) is 0 Å². The molecule has 2 atom stereocenters. The summed E-state index contributed by atoms with van der Waals surface area (Å²) < 4.78 is 19.0. The van der Waals surface area contributed by atoms with Crippen LogP contribution in [0.2, 0.25) is 0 Å². The summed E-state index contributed by atoms with van der Waals surface area (Å²) in [6, 6.07) is 9.37. The highest BCUT2D eigenvalue weighted by Crippen LogP contribution is 2.27. The summed E-state index contributed by atoms with van der Waals surface area (Å²) in [5.41, 5.74) is 6.01. The maximum atomic E-state index is 13.4. The van der Waals surface area contributed by atoms with Crippen LogP contribution in [0.1, 0.15) is 33.0 Å². The SMILES string of the molecule is Cc1ccc(CN(CCN2CCOCC2)C2CCN(C(=O)c3ccc(F)cc3)[C@@H](C(=O)NCCN)C2)s1. The summed E-state index contributed by atoms with van der Waals surface area (Å²) in [7, 11) is 0. The van der Waals surface area contributed by atoms with Gasteiger partial charge in [0.05, 0.1) is 13.2 Å². The first kappa shape index (κ1) is 27.7. The second-order valence-corrected chi connectivity index (χ2v) is 11.1. The van der Waals surface area contributed by atoms with Crippen molar-refractivity contribution in [2.75, 3.05) is 59.0 Å². The van der Waals surface area contributed by atoms with Gasteiger partial charge in [0.1, 0.15) is 11.9 Å². The zero-order valence-electron chi connectivity index (χ0n) is 21.5. The fourth-order valence-corrected chi connectivity index (χ4v) is 6.01. The number of nitrogens with two attached hydrogens (primary N) is 1. The highest BCUT2D eigenvalue weighted by atomic mass is 32.1. The average molecular weight is 532 g/mol. The predicted molar refractivity (Wildman–Crippen MR) is 143 cm³/mol. The molecule has 3 N–H and O–H groups in total. The van der Waals surface area contributed by atoms with Crippen LogP contribution in [-0.2, 0) is 16.1 Å². The molecule has 1 aromatic heterocycles. The molecule has 2 fully saturated rings. The van der Waals surface area contributed by atoms with Gasteiger partial charge in [-0.2, -0.15) is 0 Å². The summed E-state index contributed by atoms with van der Waals surface area (Å²) >= 11 is 1.80. The molecule has 8 nitrogen and oxygen atoms in total. The number of nitrogens with zero attached hydrogens (tertiary/aromatic N) is 3. The standard InChI is InChI=1S/C27H38FN5O3S/c1-20-2-7-24(37-20)19-32(13-12-31-14-16-36-17-15-31)23-8-11-33(25(18-23)26(34)30-10-9-29)27(35)21-3-5-22(28)6-4-21/h2-7,23,25H,8-19,29H2,1H3,(H,30,34)/t23?,25-/m1/s1. The highest BCUT2D eigenvalue weighted by molar-refractivity contribution is 7.11. The van der Waals surface area contributed by atoms with Crippen LogP contribution in [-0.4, -0.2) is 97.6 Å². The number of piperidine rings is 1. The Balaban J connectivity index is 1.51. The lowest BCUT2D eigenvalue weighted by atomic mass is 9.93. The Bertz CT molecular complexity index is 1030. The molecular formula is C27H38FN5O3S. The van der Waals surface area contributed by atoms with Crippen molar-refractivity contribution in [2.24, 2.45) is 5.73 Å². The number of hydrogen-bond donors (Lipinski definition) is 2. The van der Waals surface area contributed by atoms with E-state index in [0.29, 0.717) is 31.6 Å². The third-order valence-corrected chi connectivity index (χ3v) is 8.14. The van der Waals surface area contributed by atoms with E-state index in [4.69, 9.17) is 10.5 Å². The van der Waals surface area contributed by atoms with E-state index in [-0.39, 0.29) is 17.9 Å². The molecule has 1 unspecified atom stereocenters. The van der Waals surface area contributed by atoms with Gasteiger partial charge in [0.2, 0.25) is 5.91 Å². The van der Waals surface area contributed by atoms with Gasteiger partial charge in [-0.25, -0.2) is 4.39 Å². The van der Waals surface area contributed by atoms with E-state index in [1.807, 2.05) is 0 Å². The normalized spacial score (nSPS) is 20.8. The number of carbonyl (C=O) groups excluding carboxylic acids is 2. The van der Waals surface area contributed by atoms with Crippen LogP contribution >= 0.6 is 11.3 Å². The van der Waals surface area contributed by atoms with Gasteiger partial charge in [-0.3, -0.25) is 19.4 Å². The number of thiophene rings is 1. The smallest absolute Gasteiger partial charge is 0.254 e. The van der Waals surface area contributed by atoms with Crippen LogP contribution in [0.15, 0.2) is 36.4 Å². The van der Waals surface area contributed by atoms with Gasteiger partial charge in [-0.05, 0) is 56.2 Å². The van der Waals surface area contributed by atoms with Crippen molar-refractivity contribution >= 4 is 23.2 Å². The molecule has 0 radical (unpaired) electrons. The van der Waals surface area contributed by atoms with Crippen LogP contribution in [0, 0.1) is 12.7 Å². The molecule has 3 heterocycles. The molecule has 0 saturated carbocycles. The van der Waals surface area contributed by atoms with Gasteiger partial charge in [0, 0.05) is 73.7 Å². The number of halogens is 1. The number of carbonyl (C=O) groups is 2. The Labute approximate surface area is 222 Å². The van der Waals surface area contributed by atoms with Crippen molar-refractivity contribution in [1.82, 2.24) is 20.0 Å². The van der Waals surface area contributed by atoms with E-state index in [1.165, 1.54) is 34.0 Å². The number of amides is 2. The lowest BCUT2D eigenvalue weighted by molar-refractivity contribution is -0.127. The largest absolute Gasteiger partial charge is 0.379 e. The van der Waals surface area contributed by atoms with E-state index < -0.39 is 11.9 Å². The van der Waals surface area contributed by atoms with Gasteiger partial charge >= 0.3 is 0 Å². The van der Waals surface area contributed by atoms with Gasteiger partial charge in [-0.1, -0.05) is 0 Å². The first-order valence-corrected chi connectivity index (χ1v) is 13.9. The van der Waals surface area contributed by atoms with Crippen LogP contribution in [0.4, 0.5) is 4.39 Å². The van der Waals surface area contributed by atoms with Crippen LogP contribution < -0.4 is 11.1 Å². The van der Waals surface area contributed by atoms with E-state index in [0.717, 1.165) is 52.4 Å². The Morgan fingerprint density at radius 1 is 1.16 bits per heavy atom. The second-order valence-electron chi connectivity index (χ2n) is 9.72. The van der Waals surface area contributed by atoms with Crippen molar-refractivity contribution in [2.45, 2.75) is 38.4 Å². The Kier molecular flexibility index (Phi) is 10.0. The fraction of sp³-hybridized carbons (Fsp3) is 0.556. The van der Waals surface area contributed by atoms with Crippen molar-refractivity contribution in [3.8, 4) is 0 Å². The van der Waals surface area contributed by atoms with Crippen LogP contribution in [0.25, 0.3) is 0 Å². The quantitative estimate of drug-likeness (QED) is 0.488. The number of ether oxygens (including phenoxy) is 1. The molecule has 1 aromatic carbocycles. The van der Waals surface area contributed by atoms with Crippen molar-refractivity contribution in [3.05, 3.63) is 57.5 Å². The van der Waals surface area contributed by atoms with E-state index in [9.17, 15) is 14.0 Å². The lowest BCUT2D eigenvalue weighted by Crippen LogP contribution is -2.58. The number of aryl methyl sites for hydroxylation is 1. The maximum absolute atomic E-state index is 13.4. The fourth-order valence-electron chi connectivity index (χ4n) is 5.10. The topological polar surface area (TPSA) is 91.1 Å². The molecule has 4 rings (SSSR count). The minimum Gasteiger partial charge on any atom is -0.379 e. The van der Waals surface area contributed by atoms with Gasteiger partial charge < -0.3 is 20.7 Å². The minimum atomic E-state index is -0.612. The molecule has 202 valence electrons. The molecule has 0 bridgehead atoms. The number of benzene rings is 1. The third kappa shape index (κ3) is 7.58. The molecular weight excluding hydrogens is 493 g/mol. The zero-order chi connectivity index (χ0) is 26.2. The van der Waals surface area contributed by atoms with Crippen LogP contribution in [0.5, 0.6) is 0 Å². The van der Waals surface area contributed by atoms with Crippen LogP contribution in [0.3, 0.4) is 0 Å². The molecule has 10 heteroatoms. The molecule has 2 amide bonds. The van der Waals surface area contributed by atoms with E-state index >= 15 is 0 Å². The number of rotatable bonds is 10. The summed E-state index contributed by atoms with van der Waals surface area (Å²) in [4.78, 5) is 35.7. The van der Waals surface area contributed by atoms with E-state index in [1.54, 1.807) is 16.2 Å². The first-order valence-electron chi connectivity index (χ1n) is 13.1. The Morgan fingerprint density at radius 3 is 2.59 bits per heavy atom. The maximum Gasteiger partial charge on any atom is 0.254 e. The average Bonchev–Trinajstić information content (AvgIpc) is 3.34. The number of nitrogens with one attached hydrogen (secondary N) is 1. The molecule has 37 heavy (non-hydrogen) atoms. The second kappa shape index (κ2) is 13.4. The summed E-state index contributed by atoms with van der Waals surface area (Å²) in [5.74, 6) is -0.835. The zero-order valence-corrected chi connectivity index (χ0v) is 22.4. The van der Waals surface area contributed by atoms with Gasteiger partial charge in [0.15, 0.2) is 0 Å². The van der Waals surface area contributed by atoms with E-state index in [2.05, 4.69) is 34.2 Å². The monoisotopic (exact) mass is 531 g/mol. The molecule has 0 aliphatic carbocycles. The van der Waals surface area contributed by atoms with Gasteiger partial charge in [-0.15, -0.1) is 11.3 Å². The predicted octanol–water partition coefficient (Wildman–Crippen LogP) is 2.08. The minimum absolute atomic E-state index is 0.148. The van der Waals surface area contributed by atoms with Crippen molar-refractivity contribution in [1.29, 1.82) is 0 Å². The van der Waals surface area contributed by atoms with Gasteiger partial charge in [0.25, 0.3) is 5.91 Å². The number of hydrogen-bond acceptors (Lipinski definition) is 7. The molecule has 0 spiro atoms. The molecule has 2 aromatic rings. The third-order valence-electron chi connectivity index (χ3n) is 7.15. The summed E-state index contributed by atoms with van der Waals surface area (Å²) in [5, 5.41) is 2.89. The summed E-state index contributed by atoms with van der Waals surface area (Å²) in [6.45, 7) is 9.28. The summed E-state index contributed by atoms with van der Waals surface area (Å²) in [6.07, 6.45) is 1.30. The molecule has 2 aliphatic rings. The highest BCUT2D eigenvalue weighted by Gasteiger charge is 2.38. The van der Waals surface area contributed by atoms with Crippen molar-refractivity contribution < 1.29 is 18.7 Å².